The van der Waals surface area contributed by atoms with Gasteiger partial charge in [-0.05, 0) is 36.1 Å². The van der Waals surface area contributed by atoms with Gasteiger partial charge in [0.2, 0.25) is 0 Å². The van der Waals surface area contributed by atoms with Crippen molar-refractivity contribution in [2.75, 3.05) is 6.61 Å². The zero-order valence-electron chi connectivity index (χ0n) is 18.1. The second-order valence-corrected chi connectivity index (χ2v) is 9.41. The van der Waals surface area contributed by atoms with Gasteiger partial charge in [-0.15, -0.1) is 11.6 Å². The maximum atomic E-state index is 12.2. The highest BCUT2D eigenvalue weighted by Crippen LogP contribution is 2.43. The molecule has 2 aromatic rings. The van der Waals surface area contributed by atoms with E-state index in [9.17, 15) is 9.90 Å². The molecular formula is C24H30ClO6P. The van der Waals surface area contributed by atoms with Crippen LogP contribution < -0.4 is 4.52 Å². The summed E-state index contributed by atoms with van der Waals surface area (Å²) in [6.45, 7) is 2.73. The summed E-state index contributed by atoms with van der Waals surface area (Å²) in [5, 5.41) is 10.4. The van der Waals surface area contributed by atoms with E-state index in [1.807, 2.05) is 30.3 Å². The molecule has 1 aliphatic rings. The summed E-state index contributed by atoms with van der Waals surface area (Å²) in [6.07, 6.45) is 2.33. The lowest BCUT2D eigenvalue weighted by atomic mass is 9.87. The van der Waals surface area contributed by atoms with E-state index in [0.717, 1.165) is 24.0 Å². The number of benzene rings is 2. The second-order valence-electron chi connectivity index (χ2n) is 8.16. The number of ketones is 1. The van der Waals surface area contributed by atoms with E-state index >= 15 is 0 Å². The number of alkyl halides is 1. The summed E-state index contributed by atoms with van der Waals surface area (Å²) in [4.78, 5) is 30.3. The molecule has 0 heterocycles. The Balaban J connectivity index is 1.62. The Labute approximate surface area is 195 Å². The van der Waals surface area contributed by atoms with Crippen molar-refractivity contribution < 1.29 is 28.9 Å². The van der Waals surface area contributed by atoms with E-state index in [-0.39, 0.29) is 23.0 Å². The van der Waals surface area contributed by atoms with Crippen LogP contribution in [0.4, 0.5) is 0 Å². The van der Waals surface area contributed by atoms with Crippen LogP contribution in [0, 0.1) is 5.92 Å². The van der Waals surface area contributed by atoms with Crippen LogP contribution in [0.2, 0.25) is 0 Å². The van der Waals surface area contributed by atoms with Gasteiger partial charge in [0.1, 0.15) is 5.75 Å². The Kier molecular flexibility index (Phi) is 9.47. The monoisotopic (exact) mass is 480 g/mol. The van der Waals surface area contributed by atoms with E-state index < -0.39 is 14.7 Å². The number of Topliss-reactive ketones (excluding diaryl/α,β-unsaturated/α-hetero) is 1. The number of carbonyl (C=O) groups excluding carboxylic acids is 1. The minimum absolute atomic E-state index is 0.0736. The number of hydrogen-bond donors (Lipinski definition) is 3. The van der Waals surface area contributed by atoms with Crippen LogP contribution in [-0.4, -0.2) is 38.8 Å². The molecule has 0 saturated heterocycles. The number of hydrogen-bond acceptors (Lipinski definition) is 6. The molecule has 0 aliphatic heterocycles. The van der Waals surface area contributed by atoms with Gasteiger partial charge >= 0.3 is 8.60 Å². The average molecular weight is 481 g/mol. The molecule has 8 heteroatoms. The van der Waals surface area contributed by atoms with Gasteiger partial charge in [-0.25, -0.2) is 0 Å². The number of aliphatic hydroxyl groups is 1. The molecule has 1 saturated carbocycles. The van der Waals surface area contributed by atoms with Gasteiger partial charge in [0.05, 0.1) is 19.3 Å². The molecule has 0 amide bonds. The van der Waals surface area contributed by atoms with Crippen LogP contribution in [0.15, 0.2) is 48.5 Å². The molecule has 1 fully saturated rings. The molecule has 3 N–H and O–H groups in total. The predicted octanol–water partition coefficient (Wildman–Crippen LogP) is 4.94. The van der Waals surface area contributed by atoms with Crippen LogP contribution >= 0.6 is 20.2 Å². The predicted molar refractivity (Wildman–Crippen MR) is 125 cm³/mol. The Morgan fingerprint density at radius 2 is 1.94 bits per heavy atom. The fourth-order valence-corrected chi connectivity index (χ4v) is 4.93. The lowest BCUT2D eigenvalue weighted by molar-refractivity contribution is 0.0722. The van der Waals surface area contributed by atoms with Gasteiger partial charge in [0.15, 0.2) is 5.78 Å². The zero-order chi connectivity index (χ0) is 23.1. The molecule has 2 aromatic carbocycles. The molecule has 0 spiro atoms. The maximum absolute atomic E-state index is 12.2. The normalized spacial score (nSPS) is 22.9. The first-order chi connectivity index (χ1) is 15.4. The van der Waals surface area contributed by atoms with Crippen molar-refractivity contribution in [2.24, 2.45) is 5.92 Å². The summed E-state index contributed by atoms with van der Waals surface area (Å²) in [5.41, 5.74) is 2.48. The number of halogens is 1. The highest BCUT2D eigenvalue weighted by atomic mass is 35.5. The van der Waals surface area contributed by atoms with Gasteiger partial charge in [0.25, 0.3) is 0 Å². The van der Waals surface area contributed by atoms with Gasteiger partial charge in [-0.2, -0.15) is 0 Å². The Morgan fingerprint density at radius 1 is 1.19 bits per heavy atom. The fourth-order valence-electron chi connectivity index (χ4n) is 4.21. The van der Waals surface area contributed by atoms with E-state index in [1.165, 1.54) is 0 Å². The summed E-state index contributed by atoms with van der Waals surface area (Å²) in [6, 6.07) is 14.4. The van der Waals surface area contributed by atoms with Crippen LogP contribution in [0.5, 0.6) is 5.75 Å². The molecular weight excluding hydrogens is 451 g/mol. The largest absolute Gasteiger partial charge is 0.427 e. The third kappa shape index (κ3) is 6.74. The minimum Gasteiger partial charge on any atom is -0.427 e. The van der Waals surface area contributed by atoms with Gasteiger partial charge in [0, 0.05) is 29.2 Å². The Bertz CT molecular complexity index is 875. The standard InChI is InChI=1S/C24H30ClO6P/c1-2-3-7-22(26)17-8-10-18(11-9-17)24-20(21(25)13-23(24)27)15-30-14-16-5-4-6-19(12-16)31-32(28)29/h4-6,8-12,20-21,23-24,27-29H,2-3,7,13-15H2,1H3/t20?,21-,23-,24?/m1/s1. The van der Waals surface area contributed by atoms with Crippen LogP contribution in [0.3, 0.4) is 0 Å². The van der Waals surface area contributed by atoms with Crippen molar-refractivity contribution >= 4 is 26.0 Å². The molecule has 0 bridgehead atoms. The summed E-state index contributed by atoms with van der Waals surface area (Å²) >= 11 is 6.55. The van der Waals surface area contributed by atoms with Gasteiger partial charge in [-0.1, -0.05) is 49.7 Å². The van der Waals surface area contributed by atoms with Crippen LogP contribution in [0.25, 0.3) is 0 Å². The highest BCUT2D eigenvalue weighted by molar-refractivity contribution is 7.39. The molecule has 3 rings (SSSR count). The van der Waals surface area contributed by atoms with E-state index in [1.54, 1.807) is 18.2 Å². The zero-order valence-corrected chi connectivity index (χ0v) is 19.7. The van der Waals surface area contributed by atoms with Gasteiger partial charge < -0.3 is 24.2 Å². The van der Waals surface area contributed by atoms with Crippen molar-refractivity contribution in [3.05, 3.63) is 65.2 Å². The first-order valence-electron chi connectivity index (χ1n) is 10.9. The molecule has 6 nitrogen and oxygen atoms in total. The first-order valence-corrected chi connectivity index (χ1v) is 12.5. The van der Waals surface area contributed by atoms with Crippen LogP contribution in [0.1, 0.15) is 60.0 Å². The summed E-state index contributed by atoms with van der Waals surface area (Å²) in [5.74, 6) is 0.261. The molecule has 4 atom stereocenters. The SMILES string of the molecule is CCCCC(=O)c1ccc(C2C(COCc3cccc(OP(O)O)c3)[C@H](Cl)C[C@H]2O)cc1. The third-order valence-corrected chi connectivity index (χ3v) is 6.72. The smallest absolute Gasteiger partial charge is 0.391 e. The van der Waals surface area contributed by atoms with E-state index in [2.05, 4.69) is 6.92 Å². The summed E-state index contributed by atoms with van der Waals surface area (Å²) < 4.78 is 10.8. The molecule has 0 aromatic heterocycles. The van der Waals surface area contributed by atoms with Crippen LogP contribution in [-0.2, 0) is 11.3 Å². The van der Waals surface area contributed by atoms with Crippen molar-refractivity contribution in [1.29, 1.82) is 0 Å². The Hall–Kier alpha value is -1.53. The third-order valence-electron chi connectivity index (χ3n) is 5.85. The summed E-state index contributed by atoms with van der Waals surface area (Å²) in [7, 11) is -2.47. The first kappa shape index (κ1) is 25.1. The maximum Gasteiger partial charge on any atom is 0.391 e. The van der Waals surface area contributed by atoms with Crippen molar-refractivity contribution in [2.45, 2.75) is 56.6 Å². The number of aliphatic hydroxyl groups excluding tert-OH is 1. The average Bonchev–Trinajstić information content (AvgIpc) is 3.05. The molecule has 2 unspecified atom stereocenters. The lowest BCUT2D eigenvalue weighted by Gasteiger charge is -2.24. The molecule has 174 valence electrons. The number of rotatable bonds is 11. The number of unbranched alkanes of at least 4 members (excludes halogenated alkanes) is 1. The topological polar surface area (TPSA) is 96.2 Å². The Morgan fingerprint density at radius 3 is 2.62 bits per heavy atom. The van der Waals surface area contributed by atoms with E-state index in [4.69, 9.17) is 30.6 Å². The van der Waals surface area contributed by atoms with Crippen molar-refractivity contribution in [3.63, 3.8) is 0 Å². The number of ether oxygens (including phenoxy) is 1. The highest BCUT2D eigenvalue weighted by Gasteiger charge is 2.42. The quantitative estimate of drug-likeness (QED) is 0.239. The fraction of sp³-hybridized carbons (Fsp3) is 0.458. The van der Waals surface area contributed by atoms with Gasteiger partial charge in [-0.3, -0.25) is 4.79 Å². The minimum atomic E-state index is -2.47. The van der Waals surface area contributed by atoms with Crippen molar-refractivity contribution in [3.8, 4) is 5.75 Å². The van der Waals surface area contributed by atoms with E-state index in [0.29, 0.717) is 37.4 Å². The second kappa shape index (κ2) is 12.1. The van der Waals surface area contributed by atoms with Crippen molar-refractivity contribution in [1.82, 2.24) is 0 Å². The molecule has 0 radical (unpaired) electrons. The molecule has 32 heavy (non-hydrogen) atoms. The number of carbonyl (C=O) groups is 1. The molecule has 1 aliphatic carbocycles. The lowest BCUT2D eigenvalue weighted by Crippen LogP contribution is -2.23.